The predicted molar refractivity (Wildman–Crippen MR) is 148 cm³/mol. The van der Waals surface area contributed by atoms with Crippen molar-refractivity contribution in [1.82, 2.24) is 24.9 Å². The molecule has 198 valence electrons. The number of nitrogens with one attached hydrogen (secondary N) is 1. The molecule has 0 amide bonds. The second kappa shape index (κ2) is 11.7. The van der Waals surface area contributed by atoms with Gasteiger partial charge < -0.3 is 24.6 Å². The molecule has 1 N–H and O–H groups in total. The molecule has 1 aliphatic heterocycles. The van der Waals surface area contributed by atoms with Gasteiger partial charge in [0.2, 0.25) is 5.95 Å². The Morgan fingerprint density at radius 2 is 1.95 bits per heavy atom. The first-order valence-corrected chi connectivity index (χ1v) is 13.3. The van der Waals surface area contributed by atoms with Gasteiger partial charge in [0.15, 0.2) is 11.6 Å². The lowest BCUT2D eigenvalue weighted by Crippen LogP contribution is -2.36. The van der Waals surface area contributed by atoms with Gasteiger partial charge in [0, 0.05) is 62.8 Å². The van der Waals surface area contributed by atoms with Crippen LogP contribution in [0.15, 0.2) is 36.8 Å². The van der Waals surface area contributed by atoms with E-state index in [0.29, 0.717) is 43.7 Å². The Morgan fingerprint density at radius 3 is 2.63 bits per heavy atom. The minimum Gasteiger partial charge on any atom is -0.462 e. The van der Waals surface area contributed by atoms with Crippen LogP contribution in [0, 0.1) is 0 Å². The van der Waals surface area contributed by atoms with Gasteiger partial charge in [-0.2, -0.15) is 0 Å². The molecule has 4 aromatic heterocycles. The van der Waals surface area contributed by atoms with E-state index in [4.69, 9.17) is 19.4 Å². The zero-order chi connectivity index (χ0) is 26.5. The van der Waals surface area contributed by atoms with Crippen molar-refractivity contribution >= 4 is 45.1 Å². The summed E-state index contributed by atoms with van der Waals surface area (Å²) >= 11 is 1.71. The largest absolute Gasteiger partial charge is 0.462 e. The van der Waals surface area contributed by atoms with Gasteiger partial charge in [0.25, 0.3) is 0 Å². The molecule has 12 heteroatoms. The van der Waals surface area contributed by atoms with Crippen molar-refractivity contribution in [3.05, 3.63) is 47.2 Å². The van der Waals surface area contributed by atoms with Gasteiger partial charge >= 0.3 is 5.97 Å². The second-order valence-corrected chi connectivity index (χ2v) is 9.88. The van der Waals surface area contributed by atoms with E-state index >= 15 is 0 Å². The topological polar surface area (TPSA) is 118 Å². The molecule has 0 atom stereocenters. The maximum atomic E-state index is 11.9. The molecule has 0 radical (unpaired) electrons. The van der Waals surface area contributed by atoms with E-state index in [1.165, 1.54) is 17.3 Å². The average molecular weight is 535 g/mol. The van der Waals surface area contributed by atoms with Crippen molar-refractivity contribution in [2.24, 2.45) is 0 Å². The Labute approximate surface area is 224 Å². The number of morpholine rings is 1. The zero-order valence-electron chi connectivity index (χ0n) is 21.7. The summed E-state index contributed by atoms with van der Waals surface area (Å²) < 4.78 is 11.7. The number of nitrogens with zero attached hydrogens (tertiary/aromatic N) is 7. The van der Waals surface area contributed by atoms with Gasteiger partial charge in [-0.1, -0.05) is 0 Å². The van der Waals surface area contributed by atoms with Crippen LogP contribution in [-0.2, 0) is 15.9 Å². The SMILES string of the molecule is CCOC(=O)c1cnc(N(C)CCc2cc3nc(-c4ccc(NC)nc4)nc(N4CCOCC4)c3s2)nc1. The summed E-state index contributed by atoms with van der Waals surface area (Å²) in [4.78, 5) is 40.3. The lowest BCUT2D eigenvalue weighted by atomic mass is 10.2. The standard InChI is InChI=1S/C26H30N8O3S/c1-4-37-25(35)18-15-29-26(30-16-18)33(3)8-7-19-13-20-22(38-19)24(34-9-11-36-12-10-34)32-23(31-20)17-5-6-21(27-2)28-14-17/h5-6,13-16H,4,7-12H2,1-3H3,(H,27,28). The number of hydrogen-bond donors (Lipinski definition) is 1. The number of carbonyl (C=O) groups is 1. The highest BCUT2D eigenvalue weighted by molar-refractivity contribution is 7.19. The minimum atomic E-state index is -0.419. The number of rotatable bonds is 9. The first-order valence-electron chi connectivity index (χ1n) is 12.5. The van der Waals surface area contributed by atoms with E-state index < -0.39 is 5.97 Å². The van der Waals surface area contributed by atoms with Crippen LogP contribution in [0.2, 0.25) is 0 Å². The van der Waals surface area contributed by atoms with Crippen LogP contribution < -0.4 is 15.1 Å². The molecule has 0 unspecified atom stereocenters. The summed E-state index contributed by atoms with van der Waals surface area (Å²) in [5.74, 6) is 2.52. The highest BCUT2D eigenvalue weighted by Gasteiger charge is 2.20. The van der Waals surface area contributed by atoms with Gasteiger partial charge in [0.1, 0.15) is 5.82 Å². The first-order chi connectivity index (χ1) is 18.6. The number of likely N-dealkylation sites (N-methyl/N-ethyl adjacent to an activating group) is 1. The summed E-state index contributed by atoms with van der Waals surface area (Å²) in [6.45, 7) is 5.72. The van der Waals surface area contributed by atoms with Crippen molar-refractivity contribution in [1.29, 1.82) is 0 Å². The predicted octanol–water partition coefficient (Wildman–Crippen LogP) is 3.28. The number of carbonyl (C=O) groups excluding carboxylic acids is 1. The first kappa shape index (κ1) is 25.7. The third-order valence-corrected chi connectivity index (χ3v) is 7.36. The Morgan fingerprint density at radius 1 is 1.16 bits per heavy atom. The molecule has 11 nitrogen and oxygen atoms in total. The Hall–Kier alpha value is -3.90. The summed E-state index contributed by atoms with van der Waals surface area (Å²) in [6.07, 6.45) is 5.59. The lowest BCUT2D eigenvalue weighted by molar-refractivity contribution is 0.0525. The molecule has 0 bridgehead atoms. The lowest BCUT2D eigenvalue weighted by Gasteiger charge is -2.28. The fourth-order valence-electron chi connectivity index (χ4n) is 4.10. The van der Waals surface area contributed by atoms with E-state index in [-0.39, 0.29) is 0 Å². The zero-order valence-corrected chi connectivity index (χ0v) is 22.5. The number of hydrogen-bond acceptors (Lipinski definition) is 12. The van der Waals surface area contributed by atoms with Crippen molar-refractivity contribution in [2.75, 3.05) is 68.7 Å². The quantitative estimate of drug-likeness (QED) is 0.319. The van der Waals surface area contributed by atoms with Crippen LogP contribution in [0.5, 0.6) is 0 Å². The molecule has 0 aromatic carbocycles. The number of thiophene rings is 1. The maximum Gasteiger partial charge on any atom is 0.341 e. The smallest absolute Gasteiger partial charge is 0.341 e. The molecule has 38 heavy (non-hydrogen) atoms. The average Bonchev–Trinajstić information content (AvgIpc) is 3.39. The van der Waals surface area contributed by atoms with Gasteiger partial charge in [-0.05, 0) is 31.5 Å². The van der Waals surface area contributed by atoms with Crippen LogP contribution in [0.4, 0.5) is 17.6 Å². The van der Waals surface area contributed by atoms with Crippen molar-refractivity contribution < 1.29 is 14.3 Å². The van der Waals surface area contributed by atoms with Crippen LogP contribution >= 0.6 is 11.3 Å². The molecular formula is C26H30N8O3S. The number of ether oxygens (including phenoxy) is 2. The van der Waals surface area contributed by atoms with Crippen LogP contribution in [0.3, 0.4) is 0 Å². The van der Waals surface area contributed by atoms with Crippen LogP contribution in [0.1, 0.15) is 22.2 Å². The molecule has 1 fully saturated rings. The monoisotopic (exact) mass is 534 g/mol. The summed E-state index contributed by atoms with van der Waals surface area (Å²) in [5, 5.41) is 3.04. The van der Waals surface area contributed by atoms with Crippen molar-refractivity contribution in [3.8, 4) is 11.4 Å². The fourth-order valence-corrected chi connectivity index (χ4v) is 5.20. The van der Waals surface area contributed by atoms with E-state index in [9.17, 15) is 4.79 Å². The number of fused-ring (bicyclic) bond motifs is 1. The second-order valence-electron chi connectivity index (χ2n) is 8.74. The molecule has 5 rings (SSSR count). The molecule has 4 aromatic rings. The van der Waals surface area contributed by atoms with Crippen molar-refractivity contribution in [3.63, 3.8) is 0 Å². The van der Waals surface area contributed by atoms with E-state index in [0.717, 1.165) is 46.9 Å². The summed E-state index contributed by atoms with van der Waals surface area (Å²) in [6, 6.07) is 6.05. The minimum absolute atomic E-state index is 0.314. The Kier molecular flexibility index (Phi) is 7.89. The van der Waals surface area contributed by atoms with E-state index in [1.807, 2.05) is 31.1 Å². The number of pyridine rings is 1. The Bertz CT molecular complexity index is 1390. The van der Waals surface area contributed by atoms with E-state index in [2.05, 4.69) is 31.2 Å². The number of aromatic nitrogens is 5. The molecule has 0 saturated carbocycles. The normalized spacial score (nSPS) is 13.5. The van der Waals surface area contributed by atoms with E-state index in [1.54, 1.807) is 24.5 Å². The highest BCUT2D eigenvalue weighted by atomic mass is 32.1. The van der Waals surface area contributed by atoms with Crippen LogP contribution in [0.25, 0.3) is 21.6 Å². The summed E-state index contributed by atoms with van der Waals surface area (Å²) in [5.41, 5.74) is 2.14. The van der Waals surface area contributed by atoms with Gasteiger partial charge in [-0.15, -0.1) is 11.3 Å². The molecule has 1 saturated heterocycles. The van der Waals surface area contributed by atoms with Gasteiger partial charge in [0.05, 0.1) is 35.6 Å². The van der Waals surface area contributed by atoms with Crippen molar-refractivity contribution in [2.45, 2.75) is 13.3 Å². The molecule has 5 heterocycles. The number of anilines is 3. The van der Waals surface area contributed by atoms with Crippen LogP contribution in [-0.4, -0.2) is 84.4 Å². The number of esters is 1. The third kappa shape index (κ3) is 5.65. The Balaban J connectivity index is 1.38. The highest BCUT2D eigenvalue weighted by Crippen LogP contribution is 2.35. The molecular weight excluding hydrogens is 504 g/mol. The van der Waals surface area contributed by atoms with Gasteiger partial charge in [-0.25, -0.2) is 29.7 Å². The summed E-state index contributed by atoms with van der Waals surface area (Å²) in [7, 11) is 3.78. The molecule has 0 aliphatic carbocycles. The maximum absolute atomic E-state index is 11.9. The van der Waals surface area contributed by atoms with Gasteiger partial charge in [-0.3, -0.25) is 0 Å². The molecule has 0 spiro atoms. The molecule has 1 aliphatic rings. The fraction of sp³-hybridized carbons (Fsp3) is 0.385. The third-order valence-electron chi connectivity index (χ3n) is 6.18.